The lowest BCUT2D eigenvalue weighted by atomic mass is 9.72. The highest BCUT2D eigenvalue weighted by molar-refractivity contribution is 6.36. The summed E-state index contributed by atoms with van der Waals surface area (Å²) in [7, 11) is 3.20. The molecule has 0 bridgehead atoms. The number of fused-ring (bicyclic) bond motifs is 1. The lowest BCUT2D eigenvalue weighted by Gasteiger charge is -2.61. The first-order valence-corrected chi connectivity index (χ1v) is 18.9. The van der Waals surface area contributed by atoms with Crippen LogP contribution in [0.15, 0.2) is 48.7 Å². The highest BCUT2D eigenvalue weighted by Crippen LogP contribution is 2.50. The molecule has 2 amide bonds. The van der Waals surface area contributed by atoms with Crippen LogP contribution in [0.4, 0.5) is 4.39 Å². The molecule has 5 aliphatic rings. The summed E-state index contributed by atoms with van der Waals surface area (Å²) in [4.78, 5) is 46.3. The molecule has 0 radical (unpaired) electrons. The minimum absolute atomic E-state index is 0.126. The molecule has 4 fully saturated rings. The number of methoxy groups -OCH3 is 2. The second-order valence-electron chi connectivity index (χ2n) is 16.0. The standard InChI is InChI=1S/C41H43ClFN7O4/c1-24(51)48-18-40(19-48)16-47(17-40)15-33-38(53-3)46-32(14-44-33)29-9-5-7-27(36(29)42)28-8-6-10-30(37(28)43)31-13-26-11-12-34(35(26)39(45-31)54-4)50-22-41(23-50)20-49(21-41)25(2)52/h5-10,13-14,34H,11-12,15-23H2,1-4H3/t34-/m0/s1. The summed E-state index contributed by atoms with van der Waals surface area (Å²) in [5.41, 5.74) is 6.24. The van der Waals surface area contributed by atoms with Crippen LogP contribution < -0.4 is 9.47 Å². The largest absolute Gasteiger partial charge is 0.481 e. The minimum Gasteiger partial charge on any atom is -0.481 e. The van der Waals surface area contributed by atoms with Crippen LogP contribution in [0.3, 0.4) is 0 Å². The van der Waals surface area contributed by atoms with Gasteiger partial charge in [-0.25, -0.2) is 14.4 Å². The molecule has 0 unspecified atom stereocenters. The maximum Gasteiger partial charge on any atom is 0.237 e. The van der Waals surface area contributed by atoms with Gasteiger partial charge in [0.2, 0.25) is 23.6 Å². The van der Waals surface area contributed by atoms with Crippen LogP contribution in [0, 0.1) is 16.6 Å². The number of carbonyl (C=O) groups is 2. The third-order valence-electron chi connectivity index (χ3n) is 12.2. The molecule has 54 heavy (non-hydrogen) atoms. The van der Waals surface area contributed by atoms with Crippen LogP contribution in [-0.2, 0) is 22.6 Å². The Bertz CT molecular complexity index is 2190. The summed E-state index contributed by atoms with van der Waals surface area (Å²) in [5.74, 6) is 0.787. The number of nitrogens with zero attached hydrogens (tertiary/aromatic N) is 7. The lowest BCUT2D eigenvalue weighted by Crippen LogP contribution is -2.72. The molecule has 4 aromatic rings. The second kappa shape index (κ2) is 13.0. The Morgan fingerprint density at radius 3 is 2.06 bits per heavy atom. The third kappa shape index (κ3) is 5.72. The van der Waals surface area contributed by atoms with Crippen molar-refractivity contribution in [1.29, 1.82) is 0 Å². The molecule has 2 spiro atoms. The van der Waals surface area contributed by atoms with Crippen molar-refractivity contribution in [2.75, 3.05) is 66.6 Å². The van der Waals surface area contributed by atoms with Gasteiger partial charge in [-0.15, -0.1) is 0 Å². The number of hydrogen-bond donors (Lipinski definition) is 0. The zero-order valence-corrected chi connectivity index (χ0v) is 31.7. The predicted octanol–water partition coefficient (Wildman–Crippen LogP) is 5.50. The topological polar surface area (TPSA) is 104 Å². The van der Waals surface area contributed by atoms with E-state index >= 15 is 4.39 Å². The molecule has 280 valence electrons. The number of amides is 2. The molecule has 1 aliphatic carbocycles. The van der Waals surface area contributed by atoms with Gasteiger partial charge in [0.05, 0.1) is 36.8 Å². The Hall–Kier alpha value is -4.65. The molecule has 9 rings (SSSR count). The van der Waals surface area contributed by atoms with Crippen LogP contribution in [0.25, 0.3) is 33.6 Å². The molecule has 0 N–H and O–H groups in total. The molecule has 13 heteroatoms. The van der Waals surface area contributed by atoms with Gasteiger partial charge in [-0.1, -0.05) is 41.9 Å². The highest BCUT2D eigenvalue weighted by atomic mass is 35.5. The molecular formula is C41H43ClFN7O4. The average molecular weight is 752 g/mol. The van der Waals surface area contributed by atoms with Crippen LogP contribution in [0.1, 0.15) is 43.1 Å². The van der Waals surface area contributed by atoms with Crippen molar-refractivity contribution in [1.82, 2.24) is 34.6 Å². The zero-order valence-electron chi connectivity index (χ0n) is 31.0. The van der Waals surface area contributed by atoms with Gasteiger partial charge in [0.15, 0.2) is 0 Å². The lowest BCUT2D eigenvalue weighted by molar-refractivity contribution is -0.161. The second-order valence-corrected chi connectivity index (χ2v) is 16.4. The van der Waals surface area contributed by atoms with Crippen LogP contribution in [0.2, 0.25) is 5.02 Å². The van der Waals surface area contributed by atoms with Crippen LogP contribution in [0.5, 0.6) is 11.8 Å². The van der Waals surface area contributed by atoms with Crippen molar-refractivity contribution >= 4 is 23.4 Å². The number of rotatable bonds is 8. The van der Waals surface area contributed by atoms with Crippen molar-refractivity contribution in [3.63, 3.8) is 0 Å². The Morgan fingerprint density at radius 1 is 0.815 bits per heavy atom. The molecule has 4 saturated heterocycles. The normalized spacial score (nSPS) is 20.9. The van der Waals surface area contributed by atoms with Crippen molar-refractivity contribution in [3.8, 4) is 45.4 Å². The van der Waals surface area contributed by atoms with E-state index in [2.05, 4.69) is 9.80 Å². The zero-order chi connectivity index (χ0) is 37.5. The van der Waals surface area contributed by atoms with Crippen molar-refractivity contribution in [3.05, 3.63) is 76.3 Å². The van der Waals surface area contributed by atoms with Crippen LogP contribution >= 0.6 is 11.6 Å². The van der Waals surface area contributed by atoms with E-state index in [1.807, 2.05) is 34.1 Å². The highest BCUT2D eigenvalue weighted by Gasteiger charge is 2.55. The molecule has 1 atom stereocenters. The number of benzene rings is 2. The number of hydrogen-bond acceptors (Lipinski definition) is 9. The number of aryl methyl sites for hydroxylation is 1. The number of likely N-dealkylation sites (tertiary alicyclic amines) is 4. The summed E-state index contributed by atoms with van der Waals surface area (Å²) < 4.78 is 28.2. The molecule has 11 nitrogen and oxygen atoms in total. The third-order valence-corrected chi connectivity index (χ3v) is 12.6. The van der Waals surface area contributed by atoms with Gasteiger partial charge in [0, 0.05) is 117 Å². The van der Waals surface area contributed by atoms with Gasteiger partial charge in [0.1, 0.15) is 11.5 Å². The SMILES string of the molecule is COc1nc(-c2cccc(-c3cccc(-c4cc5c(c(OC)n4)[C@@H](N4CC6(CN(C(C)=O)C6)C4)CC5)c3F)c2Cl)cnc1CN1CC2(C1)CN(C(C)=O)C2. The number of halogens is 2. The van der Waals surface area contributed by atoms with E-state index in [0.29, 0.717) is 57.0 Å². The minimum atomic E-state index is -0.422. The summed E-state index contributed by atoms with van der Waals surface area (Å²) in [6.45, 7) is 10.8. The van der Waals surface area contributed by atoms with Gasteiger partial charge in [0.25, 0.3) is 0 Å². The maximum absolute atomic E-state index is 16.7. The first kappa shape index (κ1) is 35.1. The molecule has 4 aliphatic heterocycles. The summed E-state index contributed by atoms with van der Waals surface area (Å²) >= 11 is 7.06. The maximum atomic E-state index is 16.7. The number of aromatic nitrogens is 3. The van der Waals surface area contributed by atoms with Crippen LogP contribution in [-0.4, -0.2) is 113 Å². The summed E-state index contributed by atoms with van der Waals surface area (Å²) in [6, 6.07) is 13.0. The van der Waals surface area contributed by atoms with E-state index in [9.17, 15) is 9.59 Å². The van der Waals surface area contributed by atoms with E-state index < -0.39 is 5.82 Å². The molecule has 0 saturated carbocycles. The van der Waals surface area contributed by atoms with Gasteiger partial charge in [-0.2, -0.15) is 0 Å². The average Bonchev–Trinajstić information content (AvgIpc) is 3.51. The smallest absolute Gasteiger partial charge is 0.237 e. The molecular weight excluding hydrogens is 709 g/mol. The Kier molecular flexibility index (Phi) is 8.44. The van der Waals surface area contributed by atoms with Crippen molar-refractivity contribution in [2.24, 2.45) is 10.8 Å². The van der Waals surface area contributed by atoms with E-state index in [1.54, 1.807) is 52.5 Å². The number of ether oxygens (including phenoxy) is 2. The van der Waals surface area contributed by atoms with Crippen molar-refractivity contribution < 1.29 is 23.5 Å². The fourth-order valence-corrected chi connectivity index (χ4v) is 9.87. The van der Waals surface area contributed by atoms with E-state index in [0.717, 1.165) is 82.0 Å². The fraction of sp³-hybridized carbons (Fsp3) is 0.439. The van der Waals surface area contributed by atoms with E-state index in [1.165, 1.54) is 0 Å². The Morgan fingerprint density at radius 2 is 1.41 bits per heavy atom. The first-order valence-electron chi connectivity index (χ1n) is 18.5. The number of pyridine rings is 1. The Balaban J connectivity index is 0.943. The Labute approximate surface area is 319 Å². The van der Waals surface area contributed by atoms with E-state index in [-0.39, 0.29) is 28.7 Å². The fourth-order valence-electron chi connectivity index (χ4n) is 9.55. The number of carbonyl (C=O) groups excluding carboxylic acids is 2. The monoisotopic (exact) mass is 751 g/mol. The summed E-state index contributed by atoms with van der Waals surface area (Å²) in [6.07, 6.45) is 3.49. The predicted molar refractivity (Wildman–Crippen MR) is 201 cm³/mol. The van der Waals surface area contributed by atoms with Gasteiger partial charge >= 0.3 is 0 Å². The summed E-state index contributed by atoms with van der Waals surface area (Å²) in [5, 5.41) is 0.356. The van der Waals surface area contributed by atoms with E-state index in [4.69, 9.17) is 36.0 Å². The van der Waals surface area contributed by atoms with Gasteiger partial charge in [-0.3, -0.25) is 24.4 Å². The molecule has 6 heterocycles. The van der Waals surface area contributed by atoms with Gasteiger partial charge < -0.3 is 19.3 Å². The molecule has 2 aromatic heterocycles. The first-order chi connectivity index (χ1) is 26.0. The molecule has 2 aromatic carbocycles. The van der Waals surface area contributed by atoms with Gasteiger partial charge in [-0.05, 0) is 30.5 Å². The van der Waals surface area contributed by atoms with Crippen molar-refractivity contribution in [2.45, 2.75) is 39.3 Å². The quantitative estimate of drug-likeness (QED) is 0.231.